The van der Waals surface area contributed by atoms with Crippen molar-refractivity contribution < 1.29 is 27.6 Å². The second-order valence-corrected chi connectivity index (χ2v) is 6.27. The second-order valence-electron chi connectivity index (χ2n) is 4.88. The number of rotatable bonds is 4. The Hall–Kier alpha value is -0.990. The van der Waals surface area contributed by atoms with Gasteiger partial charge in [-0.2, -0.15) is 8.42 Å². The molecule has 0 aromatic heterocycles. The molecule has 0 bridgehead atoms. The molecule has 0 spiro atoms. The Morgan fingerprint density at radius 3 is 2.45 bits per heavy atom. The fourth-order valence-electron chi connectivity index (χ4n) is 2.17. The van der Waals surface area contributed by atoms with Gasteiger partial charge in [-0.25, -0.2) is 0 Å². The molecule has 1 saturated heterocycles. The molecule has 1 aromatic rings. The molecule has 0 unspecified atom stereocenters. The molecule has 1 aliphatic rings. The first-order valence-corrected chi connectivity index (χ1v) is 7.75. The third-order valence-electron chi connectivity index (χ3n) is 3.18. The molecule has 0 aliphatic carbocycles. The van der Waals surface area contributed by atoms with Gasteiger partial charge < -0.3 is 14.6 Å². The first-order chi connectivity index (χ1) is 9.40. The van der Waals surface area contributed by atoms with Crippen LogP contribution in [-0.4, -0.2) is 50.1 Å². The third kappa shape index (κ3) is 3.77. The summed E-state index contributed by atoms with van der Waals surface area (Å²) >= 11 is 0. The van der Waals surface area contributed by atoms with Crippen molar-refractivity contribution in [2.24, 2.45) is 0 Å². The van der Waals surface area contributed by atoms with Crippen LogP contribution in [0.1, 0.15) is 11.1 Å². The first-order valence-electron chi connectivity index (χ1n) is 6.31. The fraction of sp³-hybridized carbons (Fsp3) is 0.538. The lowest BCUT2D eigenvalue weighted by molar-refractivity contribution is -0.144. The summed E-state index contributed by atoms with van der Waals surface area (Å²) in [6.45, 7) is 2.29. The fourth-order valence-corrected chi connectivity index (χ4v) is 2.88. The first kappa shape index (κ1) is 15.4. The van der Waals surface area contributed by atoms with Crippen LogP contribution < -0.4 is 0 Å². The molecule has 20 heavy (non-hydrogen) atoms. The van der Waals surface area contributed by atoms with Gasteiger partial charge in [-0.15, -0.1) is 0 Å². The van der Waals surface area contributed by atoms with E-state index in [9.17, 15) is 13.0 Å². The topological polar surface area (TPSA) is 93.1 Å². The molecule has 0 radical (unpaired) electrons. The molecule has 2 atom stereocenters. The summed E-state index contributed by atoms with van der Waals surface area (Å²) in [6.07, 6.45) is -0.292. The molecular weight excluding hydrogens is 284 g/mol. The lowest BCUT2D eigenvalue weighted by atomic mass is 10.1. The van der Waals surface area contributed by atoms with Gasteiger partial charge in [0.1, 0.15) is 6.10 Å². The zero-order valence-electron chi connectivity index (χ0n) is 11.2. The highest BCUT2D eigenvalue weighted by molar-refractivity contribution is 7.85. The molecular formula is C13H18O6S. The summed E-state index contributed by atoms with van der Waals surface area (Å²) in [4.78, 5) is -0.101. The van der Waals surface area contributed by atoms with Gasteiger partial charge in [0.15, 0.2) is 0 Å². The van der Waals surface area contributed by atoms with Crippen molar-refractivity contribution in [3.63, 3.8) is 0 Å². The molecule has 0 amide bonds. The molecule has 2 rings (SSSR count). The third-order valence-corrected chi connectivity index (χ3v) is 4.13. The van der Waals surface area contributed by atoms with Crippen LogP contribution in [0.15, 0.2) is 23.1 Å². The zero-order chi connectivity index (χ0) is 14.8. The number of benzene rings is 1. The maximum absolute atomic E-state index is 11.4. The van der Waals surface area contributed by atoms with E-state index in [1.54, 1.807) is 12.1 Å². The average molecular weight is 302 g/mol. The van der Waals surface area contributed by atoms with Crippen molar-refractivity contribution in [1.82, 2.24) is 0 Å². The van der Waals surface area contributed by atoms with Crippen LogP contribution in [0.4, 0.5) is 0 Å². The summed E-state index contributed by atoms with van der Waals surface area (Å²) in [5.41, 5.74) is 1.40. The number of aliphatic hydroxyl groups is 1. The molecule has 1 aromatic carbocycles. The molecule has 0 saturated carbocycles. The molecule has 1 heterocycles. The van der Waals surface area contributed by atoms with E-state index < -0.39 is 10.1 Å². The monoisotopic (exact) mass is 302 g/mol. The Kier molecular flexibility index (Phi) is 4.77. The summed E-state index contributed by atoms with van der Waals surface area (Å²) in [7, 11) is -4.25. The molecule has 1 aliphatic heterocycles. The summed E-state index contributed by atoms with van der Waals surface area (Å²) in [6, 6.07) is 4.73. The van der Waals surface area contributed by atoms with Crippen molar-refractivity contribution in [2.75, 3.05) is 19.8 Å². The largest absolute Gasteiger partial charge is 0.394 e. The van der Waals surface area contributed by atoms with E-state index in [0.29, 0.717) is 12.0 Å². The molecule has 1 fully saturated rings. The zero-order valence-corrected chi connectivity index (χ0v) is 12.0. The predicted molar refractivity (Wildman–Crippen MR) is 71.3 cm³/mol. The van der Waals surface area contributed by atoms with Gasteiger partial charge in [0.2, 0.25) is 0 Å². The van der Waals surface area contributed by atoms with E-state index in [1.807, 2.05) is 6.92 Å². The van der Waals surface area contributed by atoms with Crippen LogP contribution in [0.25, 0.3) is 0 Å². The highest BCUT2D eigenvalue weighted by Crippen LogP contribution is 2.21. The lowest BCUT2D eigenvalue weighted by Gasteiger charge is -2.28. The Labute approximate surface area is 118 Å². The standard InChI is InChI=1S/C13H18O6S/c1-9-2-3-13(20(15,16)17)10(4-9)5-11-7-19-12(6-14)8-18-11/h2-4,11-12,14H,5-8H2,1H3,(H,15,16,17)/t11-,12-/m1/s1. The van der Waals surface area contributed by atoms with E-state index in [-0.39, 0.29) is 36.9 Å². The predicted octanol–water partition coefficient (Wildman–Crippen LogP) is 0.561. The van der Waals surface area contributed by atoms with Crippen molar-refractivity contribution in [3.05, 3.63) is 29.3 Å². The molecule has 7 heteroatoms. The smallest absolute Gasteiger partial charge is 0.294 e. The summed E-state index contributed by atoms with van der Waals surface area (Å²) in [5.74, 6) is 0. The second kappa shape index (κ2) is 6.19. The maximum Gasteiger partial charge on any atom is 0.294 e. The maximum atomic E-state index is 11.4. The van der Waals surface area contributed by atoms with Crippen LogP contribution in [0.5, 0.6) is 0 Å². The number of hydrogen-bond acceptors (Lipinski definition) is 5. The van der Waals surface area contributed by atoms with Crippen LogP contribution in [-0.2, 0) is 26.0 Å². The van der Waals surface area contributed by atoms with Crippen LogP contribution in [0.2, 0.25) is 0 Å². The van der Waals surface area contributed by atoms with Crippen molar-refractivity contribution in [2.45, 2.75) is 30.4 Å². The Bertz CT molecular complexity index is 560. The van der Waals surface area contributed by atoms with E-state index in [0.717, 1.165) is 5.56 Å². The Morgan fingerprint density at radius 1 is 1.25 bits per heavy atom. The van der Waals surface area contributed by atoms with E-state index in [2.05, 4.69) is 0 Å². The highest BCUT2D eigenvalue weighted by Gasteiger charge is 2.24. The summed E-state index contributed by atoms with van der Waals surface area (Å²) in [5, 5.41) is 8.94. The van der Waals surface area contributed by atoms with Crippen molar-refractivity contribution in [1.29, 1.82) is 0 Å². The van der Waals surface area contributed by atoms with Crippen molar-refractivity contribution >= 4 is 10.1 Å². The molecule has 6 nitrogen and oxygen atoms in total. The van der Waals surface area contributed by atoms with Gasteiger partial charge in [-0.3, -0.25) is 4.55 Å². The number of hydrogen-bond donors (Lipinski definition) is 2. The van der Waals surface area contributed by atoms with Crippen LogP contribution >= 0.6 is 0 Å². The SMILES string of the molecule is Cc1ccc(S(=O)(=O)O)c(C[C@@H]2CO[C@H](CO)CO2)c1. The molecule has 2 N–H and O–H groups in total. The minimum absolute atomic E-state index is 0.101. The normalized spacial score (nSPS) is 23.8. The van der Waals surface area contributed by atoms with E-state index >= 15 is 0 Å². The number of ether oxygens (including phenoxy) is 2. The quantitative estimate of drug-likeness (QED) is 0.790. The van der Waals surface area contributed by atoms with Gasteiger partial charge in [0, 0.05) is 6.42 Å². The minimum atomic E-state index is -4.25. The van der Waals surface area contributed by atoms with Gasteiger partial charge in [-0.1, -0.05) is 17.7 Å². The van der Waals surface area contributed by atoms with E-state index in [1.165, 1.54) is 6.07 Å². The lowest BCUT2D eigenvalue weighted by Crippen LogP contribution is -2.38. The van der Waals surface area contributed by atoms with Crippen LogP contribution in [0, 0.1) is 6.92 Å². The summed E-state index contributed by atoms with van der Waals surface area (Å²) < 4.78 is 42.9. The number of aryl methyl sites for hydroxylation is 1. The minimum Gasteiger partial charge on any atom is -0.394 e. The van der Waals surface area contributed by atoms with Crippen molar-refractivity contribution in [3.8, 4) is 0 Å². The van der Waals surface area contributed by atoms with Crippen LogP contribution in [0.3, 0.4) is 0 Å². The average Bonchev–Trinajstić information content (AvgIpc) is 2.38. The van der Waals surface area contributed by atoms with Gasteiger partial charge in [0.25, 0.3) is 10.1 Å². The highest BCUT2D eigenvalue weighted by atomic mass is 32.2. The van der Waals surface area contributed by atoms with Gasteiger partial charge in [-0.05, 0) is 18.6 Å². The molecule has 112 valence electrons. The Balaban J connectivity index is 2.15. The number of aliphatic hydroxyl groups excluding tert-OH is 1. The Morgan fingerprint density at radius 2 is 1.90 bits per heavy atom. The van der Waals surface area contributed by atoms with Gasteiger partial charge in [0.05, 0.1) is 30.8 Å². The van der Waals surface area contributed by atoms with Gasteiger partial charge >= 0.3 is 0 Å². The van der Waals surface area contributed by atoms with E-state index in [4.69, 9.17) is 14.6 Å².